The Balaban J connectivity index is 1.53. The predicted octanol–water partition coefficient (Wildman–Crippen LogP) is 5.41. The molecule has 4 rings (SSSR count). The summed E-state index contributed by atoms with van der Waals surface area (Å²) in [5, 5.41) is 0. The van der Waals surface area contributed by atoms with Crippen molar-refractivity contribution >= 4 is 21.8 Å². The average Bonchev–Trinajstić information content (AvgIpc) is 2.78. The third-order valence-corrected chi connectivity index (χ3v) is 6.04. The molecule has 160 valence electrons. The Morgan fingerprint density at radius 3 is 2.00 bits per heavy atom. The van der Waals surface area contributed by atoms with Crippen LogP contribution in [0.2, 0.25) is 0 Å². The Morgan fingerprint density at radius 1 is 0.774 bits per heavy atom. The van der Waals surface area contributed by atoms with E-state index in [0.717, 1.165) is 15.6 Å². The third kappa shape index (κ3) is 4.67. The van der Waals surface area contributed by atoms with Gasteiger partial charge in [-0.25, -0.2) is 13.2 Å². The smallest absolute Gasteiger partial charge is 0.257 e. The Kier molecular flexibility index (Phi) is 6.43. The molecule has 3 aromatic rings. The van der Waals surface area contributed by atoms with Gasteiger partial charge in [0.1, 0.15) is 5.82 Å². The molecular formula is C24H20BrF3N2O. The standard InChI is InChI=1S/C24H20BrF3N2O/c25-18-8-6-17(7-9-18)23(16-4-2-1-3-5-16)29-10-12-30(13-11-29)24(31)19-14-21(27)22(28)15-20(19)26/h1-9,14-15,23H,10-13H2. The lowest BCUT2D eigenvalue weighted by Gasteiger charge is -2.40. The number of carbonyl (C=O) groups is 1. The monoisotopic (exact) mass is 488 g/mol. The zero-order valence-electron chi connectivity index (χ0n) is 16.6. The summed E-state index contributed by atoms with van der Waals surface area (Å²) in [7, 11) is 0. The van der Waals surface area contributed by atoms with Crippen molar-refractivity contribution in [3.05, 3.63) is 105 Å². The minimum Gasteiger partial charge on any atom is -0.336 e. The van der Waals surface area contributed by atoms with Crippen molar-refractivity contribution < 1.29 is 18.0 Å². The Hall–Kier alpha value is -2.64. The summed E-state index contributed by atoms with van der Waals surface area (Å²) in [6, 6.07) is 19.3. The second-order valence-corrected chi connectivity index (χ2v) is 8.35. The largest absolute Gasteiger partial charge is 0.336 e. The molecule has 1 fully saturated rings. The maximum atomic E-state index is 14.0. The molecule has 1 atom stereocenters. The van der Waals surface area contributed by atoms with E-state index in [0.29, 0.717) is 38.3 Å². The molecule has 31 heavy (non-hydrogen) atoms. The molecule has 0 spiro atoms. The molecule has 0 bridgehead atoms. The zero-order valence-corrected chi connectivity index (χ0v) is 18.2. The van der Waals surface area contributed by atoms with E-state index in [9.17, 15) is 18.0 Å². The molecule has 1 aliphatic heterocycles. The van der Waals surface area contributed by atoms with Gasteiger partial charge in [0.15, 0.2) is 11.6 Å². The second-order valence-electron chi connectivity index (χ2n) is 7.44. The number of benzene rings is 3. The van der Waals surface area contributed by atoms with Crippen LogP contribution >= 0.6 is 15.9 Å². The first-order valence-corrected chi connectivity index (χ1v) is 10.7. The lowest BCUT2D eigenvalue weighted by Crippen LogP contribution is -2.50. The highest BCUT2D eigenvalue weighted by molar-refractivity contribution is 9.10. The van der Waals surface area contributed by atoms with Crippen LogP contribution < -0.4 is 0 Å². The number of halogens is 4. The molecular weight excluding hydrogens is 469 g/mol. The van der Waals surface area contributed by atoms with Crippen molar-refractivity contribution in [2.75, 3.05) is 26.2 Å². The minimum atomic E-state index is -1.31. The number of amides is 1. The fourth-order valence-corrected chi connectivity index (χ4v) is 4.20. The summed E-state index contributed by atoms with van der Waals surface area (Å²) in [5.41, 5.74) is 1.82. The van der Waals surface area contributed by atoms with E-state index in [4.69, 9.17) is 0 Å². The third-order valence-electron chi connectivity index (χ3n) is 5.51. The van der Waals surface area contributed by atoms with Gasteiger partial charge in [-0.3, -0.25) is 9.69 Å². The minimum absolute atomic E-state index is 0.00607. The van der Waals surface area contributed by atoms with Crippen LogP contribution in [0.1, 0.15) is 27.5 Å². The lowest BCUT2D eigenvalue weighted by molar-refractivity contribution is 0.0592. The Labute approximate surface area is 187 Å². The molecule has 1 aliphatic rings. The van der Waals surface area contributed by atoms with Crippen molar-refractivity contribution in [1.29, 1.82) is 0 Å². The first kappa shape index (κ1) is 21.6. The molecule has 0 aliphatic carbocycles. The molecule has 0 saturated carbocycles. The van der Waals surface area contributed by atoms with Crippen LogP contribution in [-0.2, 0) is 0 Å². The van der Waals surface area contributed by atoms with Crippen molar-refractivity contribution in [1.82, 2.24) is 9.80 Å². The van der Waals surface area contributed by atoms with Crippen LogP contribution in [0, 0.1) is 17.5 Å². The number of rotatable bonds is 4. The Morgan fingerprint density at radius 2 is 1.35 bits per heavy atom. The van der Waals surface area contributed by atoms with E-state index < -0.39 is 28.9 Å². The summed E-state index contributed by atoms with van der Waals surface area (Å²) in [4.78, 5) is 16.5. The zero-order chi connectivity index (χ0) is 22.0. The van der Waals surface area contributed by atoms with Gasteiger partial charge < -0.3 is 4.90 Å². The van der Waals surface area contributed by atoms with Crippen molar-refractivity contribution in [3.63, 3.8) is 0 Å². The van der Waals surface area contributed by atoms with Gasteiger partial charge in [-0.1, -0.05) is 58.4 Å². The fourth-order valence-electron chi connectivity index (χ4n) is 3.93. The number of piperazine rings is 1. The van der Waals surface area contributed by atoms with Gasteiger partial charge in [0.05, 0.1) is 11.6 Å². The van der Waals surface area contributed by atoms with Gasteiger partial charge in [-0.2, -0.15) is 0 Å². The van der Waals surface area contributed by atoms with Gasteiger partial charge >= 0.3 is 0 Å². The molecule has 1 saturated heterocycles. The second kappa shape index (κ2) is 9.24. The van der Waals surface area contributed by atoms with Crippen molar-refractivity contribution in [2.24, 2.45) is 0 Å². The van der Waals surface area contributed by atoms with E-state index in [2.05, 4.69) is 45.1 Å². The highest BCUT2D eigenvalue weighted by Crippen LogP contribution is 2.30. The van der Waals surface area contributed by atoms with E-state index >= 15 is 0 Å². The van der Waals surface area contributed by atoms with E-state index in [-0.39, 0.29) is 6.04 Å². The SMILES string of the molecule is O=C(c1cc(F)c(F)cc1F)N1CCN(C(c2ccccc2)c2ccc(Br)cc2)CC1. The van der Waals surface area contributed by atoms with Gasteiger partial charge in [-0.05, 0) is 29.3 Å². The van der Waals surface area contributed by atoms with Crippen LogP contribution in [0.3, 0.4) is 0 Å². The molecule has 1 heterocycles. The van der Waals surface area contributed by atoms with Crippen LogP contribution in [0.15, 0.2) is 71.2 Å². The fraction of sp³-hybridized carbons (Fsp3) is 0.208. The average molecular weight is 489 g/mol. The number of hydrogen-bond acceptors (Lipinski definition) is 2. The number of nitrogens with zero attached hydrogens (tertiary/aromatic N) is 2. The first-order chi connectivity index (χ1) is 14.9. The summed E-state index contributed by atoms with van der Waals surface area (Å²) in [6.45, 7) is 1.84. The van der Waals surface area contributed by atoms with E-state index in [1.165, 1.54) is 4.90 Å². The molecule has 1 unspecified atom stereocenters. The van der Waals surface area contributed by atoms with E-state index in [1.54, 1.807) is 0 Å². The van der Waals surface area contributed by atoms with Crippen LogP contribution in [-0.4, -0.2) is 41.9 Å². The Bertz CT molecular complexity index is 1070. The molecule has 3 aromatic carbocycles. The summed E-state index contributed by atoms with van der Waals surface area (Å²) >= 11 is 3.47. The van der Waals surface area contributed by atoms with E-state index in [1.807, 2.05) is 30.3 Å². The highest BCUT2D eigenvalue weighted by atomic mass is 79.9. The lowest BCUT2D eigenvalue weighted by atomic mass is 9.96. The summed E-state index contributed by atoms with van der Waals surface area (Å²) in [5.74, 6) is -4.22. The molecule has 3 nitrogen and oxygen atoms in total. The first-order valence-electron chi connectivity index (χ1n) is 9.92. The number of carbonyl (C=O) groups excluding carboxylic acids is 1. The van der Waals surface area contributed by atoms with Crippen LogP contribution in [0.4, 0.5) is 13.2 Å². The normalized spacial score (nSPS) is 15.7. The maximum absolute atomic E-state index is 14.0. The highest BCUT2D eigenvalue weighted by Gasteiger charge is 2.30. The molecule has 0 radical (unpaired) electrons. The van der Waals surface area contributed by atoms with Gasteiger partial charge in [-0.15, -0.1) is 0 Å². The van der Waals surface area contributed by atoms with Gasteiger partial charge in [0, 0.05) is 36.7 Å². The predicted molar refractivity (Wildman–Crippen MR) is 116 cm³/mol. The molecule has 7 heteroatoms. The van der Waals surface area contributed by atoms with Crippen molar-refractivity contribution in [3.8, 4) is 0 Å². The van der Waals surface area contributed by atoms with Gasteiger partial charge in [0.25, 0.3) is 5.91 Å². The summed E-state index contributed by atoms with van der Waals surface area (Å²) < 4.78 is 41.8. The van der Waals surface area contributed by atoms with Gasteiger partial charge in [0.2, 0.25) is 0 Å². The topological polar surface area (TPSA) is 23.6 Å². The molecule has 0 aromatic heterocycles. The number of hydrogen-bond donors (Lipinski definition) is 0. The molecule has 0 N–H and O–H groups in total. The van der Waals surface area contributed by atoms with Crippen LogP contribution in [0.5, 0.6) is 0 Å². The maximum Gasteiger partial charge on any atom is 0.257 e. The summed E-state index contributed by atoms with van der Waals surface area (Å²) in [6.07, 6.45) is 0. The van der Waals surface area contributed by atoms with Crippen LogP contribution in [0.25, 0.3) is 0 Å². The molecule has 1 amide bonds. The quantitative estimate of drug-likeness (QED) is 0.458. The van der Waals surface area contributed by atoms with Crippen molar-refractivity contribution in [2.45, 2.75) is 6.04 Å².